The molecule has 3 N–H and O–H groups in total. The molecule has 0 aliphatic heterocycles. The van der Waals surface area contributed by atoms with E-state index in [0.29, 0.717) is 13.1 Å². The molecule has 0 saturated carbocycles. The van der Waals surface area contributed by atoms with E-state index in [2.05, 4.69) is 17.2 Å². The first-order chi connectivity index (χ1) is 11.0. The fourth-order valence-electron chi connectivity index (χ4n) is 1.76. The number of rotatable bonds is 9. The molecular weight excluding hydrogens is 292 g/mol. The molecule has 0 bridgehead atoms. The number of amides is 2. The Kier molecular flexibility index (Phi) is 8.39. The third kappa shape index (κ3) is 7.97. The highest BCUT2D eigenvalue weighted by atomic mass is 16.3. The van der Waals surface area contributed by atoms with E-state index in [1.807, 2.05) is 30.3 Å². The molecule has 0 saturated heterocycles. The summed E-state index contributed by atoms with van der Waals surface area (Å²) in [5, 5.41) is 14.7. The Morgan fingerprint density at radius 2 is 1.78 bits per heavy atom. The number of aliphatic hydroxyl groups excluding tert-OH is 1. The van der Waals surface area contributed by atoms with Gasteiger partial charge < -0.3 is 15.7 Å². The van der Waals surface area contributed by atoms with Crippen molar-refractivity contribution < 1.29 is 14.7 Å². The maximum Gasteiger partial charge on any atom is 0.249 e. The molecule has 23 heavy (non-hydrogen) atoms. The van der Waals surface area contributed by atoms with Gasteiger partial charge in [-0.25, -0.2) is 0 Å². The monoisotopic (exact) mass is 316 g/mol. The minimum absolute atomic E-state index is 0.139. The van der Waals surface area contributed by atoms with Crippen molar-refractivity contribution in [3.05, 3.63) is 54.1 Å². The summed E-state index contributed by atoms with van der Waals surface area (Å²) in [5.41, 5.74) is 1.13. The first-order valence-electron chi connectivity index (χ1n) is 7.66. The van der Waals surface area contributed by atoms with Crippen LogP contribution in [0.1, 0.15) is 25.3 Å². The van der Waals surface area contributed by atoms with Crippen LogP contribution in [0.3, 0.4) is 0 Å². The molecule has 1 aromatic rings. The van der Waals surface area contributed by atoms with Gasteiger partial charge in [0.25, 0.3) is 0 Å². The lowest BCUT2D eigenvalue weighted by Crippen LogP contribution is -2.30. The Morgan fingerprint density at radius 1 is 1.17 bits per heavy atom. The van der Waals surface area contributed by atoms with Crippen molar-refractivity contribution in [2.24, 2.45) is 0 Å². The normalized spacial score (nSPS) is 11.9. The number of carbonyl (C=O) groups is 2. The average Bonchev–Trinajstić information content (AvgIpc) is 2.56. The molecule has 0 aliphatic rings. The van der Waals surface area contributed by atoms with Crippen LogP contribution in [0.4, 0.5) is 0 Å². The van der Waals surface area contributed by atoms with Crippen LogP contribution < -0.4 is 10.6 Å². The van der Waals surface area contributed by atoms with Crippen LogP contribution in [-0.2, 0) is 9.59 Å². The summed E-state index contributed by atoms with van der Waals surface area (Å²) >= 11 is 0. The zero-order valence-electron chi connectivity index (χ0n) is 13.4. The van der Waals surface area contributed by atoms with Gasteiger partial charge >= 0.3 is 0 Å². The number of nitrogens with one attached hydrogen (secondary N) is 2. The number of carbonyl (C=O) groups excluding carboxylic acids is 2. The maximum atomic E-state index is 11.6. The number of benzene rings is 1. The van der Waals surface area contributed by atoms with Crippen molar-refractivity contribution >= 4 is 17.9 Å². The molecule has 1 aromatic carbocycles. The van der Waals surface area contributed by atoms with E-state index in [-0.39, 0.29) is 17.4 Å². The van der Waals surface area contributed by atoms with Crippen LogP contribution >= 0.6 is 0 Å². The lowest BCUT2D eigenvalue weighted by molar-refractivity contribution is -0.118. The van der Waals surface area contributed by atoms with Crippen molar-refractivity contribution in [2.75, 3.05) is 13.1 Å². The highest BCUT2D eigenvalue weighted by Gasteiger charge is 2.10. The van der Waals surface area contributed by atoms with Gasteiger partial charge in [0, 0.05) is 24.7 Å². The third-order valence-corrected chi connectivity index (χ3v) is 3.21. The van der Waals surface area contributed by atoms with Crippen molar-refractivity contribution in [2.45, 2.75) is 25.9 Å². The van der Waals surface area contributed by atoms with Gasteiger partial charge in [-0.3, -0.25) is 9.59 Å². The smallest absolute Gasteiger partial charge is 0.249 e. The first-order valence-corrected chi connectivity index (χ1v) is 7.66. The molecule has 0 heterocycles. The summed E-state index contributed by atoms with van der Waals surface area (Å²) in [4.78, 5) is 23.1. The van der Waals surface area contributed by atoms with Gasteiger partial charge in [0.1, 0.15) is 0 Å². The predicted molar refractivity (Wildman–Crippen MR) is 91.6 cm³/mol. The molecule has 0 unspecified atom stereocenters. The second kappa shape index (κ2) is 10.3. The number of aliphatic hydroxyl groups is 1. The van der Waals surface area contributed by atoms with Gasteiger partial charge in [0.15, 0.2) is 0 Å². The molecule has 0 fully saturated rings. The van der Waals surface area contributed by atoms with Crippen molar-refractivity contribution in [3.8, 4) is 0 Å². The minimum atomic E-state index is -0.842. The topological polar surface area (TPSA) is 78.4 Å². The van der Waals surface area contributed by atoms with Crippen LogP contribution in [-0.4, -0.2) is 36.1 Å². The van der Waals surface area contributed by atoms with Crippen molar-refractivity contribution in [1.29, 1.82) is 0 Å². The Hall–Kier alpha value is -2.40. The van der Waals surface area contributed by atoms with Crippen LogP contribution in [0.15, 0.2) is 48.6 Å². The highest BCUT2D eigenvalue weighted by molar-refractivity contribution is 5.93. The number of hydrogen-bond donors (Lipinski definition) is 3. The fourth-order valence-corrected chi connectivity index (χ4v) is 1.76. The van der Waals surface area contributed by atoms with E-state index in [9.17, 15) is 14.7 Å². The van der Waals surface area contributed by atoms with Crippen LogP contribution in [0.5, 0.6) is 0 Å². The minimum Gasteiger partial charge on any atom is -0.389 e. The standard InChI is InChI=1S/C18H24N2O3/c1-14(15(2)21)18(23)20-13-7-6-12-19-17(22)11-10-16-8-4-3-5-9-16/h3-5,8-11,15,21H,1,6-7,12-13H2,2H3,(H,19,22)(H,20,23)/b11-10-/t15-/m1/s1. The van der Waals surface area contributed by atoms with Gasteiger partial charge in [0.05, 0.1) is 6.10 Å². The second-order valence-electron chi connectivity index (χ2n) is 5.20. The van der Waals surface area contributed by atoms with Gasteiger partial charge in [-0.05, 0) is 31.4 Å². The summed E-state index contributed by atoms with van der Waals surface area (Å²) < 4.78 is 0. The lowest BCUT2D eigenvalue weighted by atomic mass is 10.2. The summed E-state index contributed by atoms with van der Waals surface area (Å²) in [7, 11) is 0. The van der Waals surface area contributed by atoms with Crippen molar-refractivity contribution in [1.82, 2.24) is 10.6 Å². The SMILES string of the molecule is C=C(C(=O)NCCCCNC(=O)/C=C\c1ccccc1)[C@@H](C)O. The van der Waals surface area contributed by atoms with Gasteiger partial charge in [-0.15, -0.1) is 0 Å². The van der Waals surface area contributed by atoms with E-state index in [1.165, 1.54) is 13.0 Å². The van der Waals surface area contributed by atoms with Crippen LogP contribution in [0, 0.1) is 0 Å². The zero-order chi connectivity index (χ0) is 17.1. The highest BCUT2D eigenvalue weighted by Crippen LogP contribution is 2.00. The van der Waals surface area contributed by atoms with Gasteiger partial charge in [-0.2, -0.15) is 0 Å². The molecule has 0 radical (unpaired) electrons. The molecule has 0 spiro atoms. The van der Waals surface area contributed by atoms with Gasteiger partial charge in [0.2, 0.25) is 11.8 Å². The zero-order valence-corrected chi connectivity index (χ0v) is 13.4. The number of hydrogen-bond acceptors (Lipinski definition) is 3. The third-order valence-electron chi connectivity index (χ3n) is 3.21. The number of unbranched alkanes of at least 4 members (excludes halogenated alkanes) is 1. The van der Waals surface area contributed by atoms with E-state index >= 15 is 0 Å². The summed E-state index contributed by atoms with van der Waals surface area (Å²) in [5.74, 6) is -0.477. The molecule has 2 amide bonds. The van der Waals surface area contributed by atoms with Crippen molar-refractivity contribution in [3.63, 3.8) is 0 Å². The van der Waals surface area contributed by atoms with E-state index < -0.39 is 6.10 Å². The summed E-state index contributed by atoms with van der Waals surface area (Å²) in [6.07, 6.45) is 3.92. The maximum absolute atomic E-state index is 11.6. The Labute approximate surface area is 137 Å². The van der Waals surface area contributed by atoms with Crippen LogP contribution in [0.25, 0.3) is 6.08 Å². The molecule has 1 rings (SSSR count). The van der Waals surface area contributed by atoms with E-state index in [1.54, 1.807) is 6.08 Å². The Bertz CT molecular complexity index is 551. The molecule has 1 atom stereocenters. The summed E-state index contributed by atoms with van der Waals surface area (Å²) in [6.45, 7) is 6.04. The Morgan fingerprint density at radius 3 is 2.39 bits per heavy atom. The molecule has 0 aromatic heterocycles. The quantitative estimate of drug-likeness (QED) is 0.479. The fraction of sp³-hybridized carbons (Fsp3) is 0.333. The van der Waals surface area contributed by atoms with E-state index in [0.717, 1.165) is 18.4 Å². The first kappa shape index (κ1) is 18.6. The molecular formula is C18H24N2O3. The van der Waals surface area contributed by atoms with E-state index in [4.69, 9.17) is 0 Å². The van der Waals surface area contributed by atoms with Crippen LogP contribution in [0.2, 0.25) is 0 Å². The molecule has 5 nitrogen and oxygen atoms in total. The summed E-state index contributed by atoms with van der Waals surface area (Å²) in [6, 6.07) is 9.60. The van der Waals surface area contributed by atoms with Gasteiger partial charge in [-0.1, -0.05) is 36.9 Å². The second-order valence-corrected chi connectivity index (χ2v) is 5.20. The largest absolute Gasteiger partial charge is 0.389 e. The lowest BCUT2D eigenvalue weighted by Gasteiger charge is -2.09. The predicted octanol–water partition coefficient (Wildman–Crippen LogP) is 1.65. The molecule has 0 aliphatic carbocycles. The average molecular weight is 316 g/mol. The molecule has 124 valence electrons. The Balaban J connectivity index is 2.11. The molecule has 5 heteroatoms.